The van der Waals surface area contributed by atoms with E-state index >= 15 is 0 Å². The number of amides is 2. The van der Waals surface area contributed by atoms with E-state index in [-0.39, 0.29) is 33.1 Å². The molecule has 3 aromatic rings. The maximum Gasteiger partial charge on any atom is 0.264 e. The maximum absolute atomic E-state index is 13.8. The minimum atomic E-state index is -4.18. The van der Waals surface area contributed by atoms with Crippen molar-refractivity contribution in [1.82, 2.24) is 10.2 Å². The summed E-state index contributed by atoms with van der Waals surface area (Å²) in [6, 6.07) is 18.1. The van der Waals surface area contributed by atoms with Crippen LogP contribution >= 0.6 is 34.8 Å². The summed E-state index contributed by atoms with van der Waals surface area (Å²) in [4.78, 5) is 27.9. The monoisotopic (exact) mass is 581 g/mol. The smallest absolute Gasteiger partial charge is 0.264 e. The molecule has 11 heteroatoms. The van der Waals surface area contributed by atoms with Gasteiger partial charge in [0.1, 0.15) is 12.6 Å². The van der Waals surface area contributed by atoms with Crippen LogP contribution in [0.1, 0.15) is 18.9 Å². The van der Waals surface area contributed by atoms with Crippen LogP contribution in [0.4, 0.5) is 5.69 Å². The Morgan fingerprint density at radius 2 is 1.57 bits per heavy atom. The van der Waals surface area contributed by atoms with Crippen LogP contribution in [0.25, 0.3) is 0 Å². The van der Waals surface area contributed by atoms with Crippen molar-refractivity contribution < 1.29 is 18.0 Å². The van der Waals surface area contributed by atoms with Gasteiger partial charge >= 0.3 is 0 Å². The molecule has 0 heterocycles. The van der Waals surface area contributed by atoms with Crippen molar-refractivity contribution in [3.63, 3.8) is 0 Å². The van der Waals surface area contributed by atoms with E-state index in [1.807, 2.05) is 0 Å². The molecule has 0 bridgehead atoms. The molecule has 1 atom stereocenters. The average Bonchev–Trinajstić information content (AvgIpc) is 2.90. The topological polar surface area (TPSA) is 86.8 Å². The van der Waals surface area contributed by atoms with Crippen LogP contribution in [-0.4, -0.2) is 44.8 Å². The first kappa shape index (κ1) is 28.8. The highest BCUT2D eigenvalue weighted by atomic mass is 35.5. The number of nitrogens with one attached hydrogen (secondary N) is 1. The lowest BCUT2D eigenvalue weighted by molar-refractivity contribution is -0.140. The van der Waals surface area contributed by atoms with E-state index in [1.54, 1.807) is 49.4 Å². The average molecular weight is 583 g/mol. The van der Waals surface area contributed by atoms with Crippen LogP contribution in [0.3, 0.4) is 0 Å². The molecule has 0 radical (unpaired) electrons. The highest BCUT2D eigenvalue weighted by molar-refractivity contribution is 7.92. The Hall–Kier alpha value is -2.78. The molecule has 0 aliphatic rings. The van der Waals surface area contributed by atoms with Crippen LogP contribution in [0, 0.1) is 0 Å². The molecule has 196 valence electrons. The van der Waals surface area contributed by atoms with Crippen molar-refractivity contribution in [1.29, 1.82) is 0 Å². The quantitative estimate of drug-likeness (QED) is 0.347. The zero-order valence-electron chi connectivity index (χ0n) is 20.2. The Bertz CT molecular complexity index is 1350. The van der Waals surface area contributed by atoms with E-state index in [0.29, 0.717) is 11.4 Å². The zero-order chi connectivity index (χ0) is 27.2. The fourth-order valence-corrected chi connectivity index (χ4v) is 5.61. The normalized spacial score (nSPS) is 12.0. The Labute approximate surface area is 232 Å². The third-order valence-electron chi connectivity index (χ3n) is 5.70. The first-order valence-corrected chi connectivity index (χ1v) is 13.9. The Balaban J connectivity index is 2.06. The fourth-order valence-electron chi connectivity index (χ4n) is 3.76. The zero-order valence-corrected chi connectivity index (χ0v) is 23.3. The van der Waals surface area contributed by atoms with Crippen LogP contribution in [0.15, 0.2) is 77.7 Å². The Morgan fingerprint density at radius 1 is 0.919 bits per heavy atom. The number of carbonyl (C=O) groups is 2. The number of hydrogen-bond acceptors (Lipinski definition) is 4. The molecule has 0 fully saturated rings. The molecule has 7 nitrogen and oxygen atoms in total. The molecule has 2 amide bonds. The number of rotatable bonds is 10. The van der Waals surface area contributed by atoms with E-state index in [4.69, 9.17) is 34.8 Å². The molecule has 0 saturated carbocycles. The second-order valence-electron chi connectivity index (χ2n) is 8.11. The predicted molar refractivity (Wildman–Crippen MR) is 148 cm³/mol. The number of hydrogen-bond donors (Lipinski definition) is 1. The minimum Gasteiger partial charge on any atom is -0.357 e. The van der Waals surface area contributed by atoms with Crippen molar-refractivity contribution in [2.75, 3.05) is 17.9 Å². The highest BCUT2D eigenvalue weighted by Crippen LogP contribution is 2.31. The molecule has 0 spiro atoms. The summed E-state index contributed by atoms with van der Waals surface area (Å²) in [5.74, 6) is -0.937. The van der Waals surface area contributed by atoms with Gasteiger partial charge in [0.2, 0.25) is 11.8 Å². The molecular weight excluding hydrogens is 557 g/mol. The summed E-state index contributed by atoms with van der Waals surface area (Å²) in [7, 11) is -2.70. The van der Waals surface area contributed by atoms with Gasteiger partial charge in [0.25, 0.3) is 10.0 Å². The van der Waals surface area contributed by atoms with Gasteiger partial charge in [-0.05, 0) is 54.4 Å². The summed E-state index contributed by atoms with van der Waals surface area (Å²) in [5.41, 5.74) is 0.887. The summed E-state index contributed by atoms with van der Waals surface area (Å²) in [6.45, 7) is 1.28. The summed E-state index contributed by atoms with van der Waals surface area (Å²) >= 11 is 18.3. The van der Waals surface area contributed by atoms with E-state index in [9.17, 15) is 18.0 Å². The molecule has 3 aromatic carbocycles. The number of halogens is 3. The molecule has 0 aromatic heterocycles. The molecule has 0 saturated heterocycles. The second-order valence-corrected chi connectivity index (χ2v) is 11.2. The molecule has 0 aliphatic heterocycles. The molecule has 0 unspecified atom stereocenters. The van der Waals surface area contributed by atoms with E-state index in [2.05, 4.69) is 5.32 Å². The number of nitrogens with zero attached hydrogens (tertiary/aromatic N) is 2. The number of benzene rings is 3. The fraction of sp³-hybridized carbons (Fsp3) is 0.231. The second kappa shape index (κ2) is 12.6. The largest absolute Gasteiger partial charge is 0.357 e. The van der Waals surface area contributed by atoms with Crippen LogP contribution in [-0.2, 0) is 26.2 Å². The predicted octanol–water partition coefficient (Wildman–Crippen LogP) is 5.40. The van der Waals surface area contributed by atoms with Gasteiger partial charge in [0, 0.05) is 18.6 Å². The third-order valence-corrected chi connectivity index (χ3v) is 8.48. The van der Waals surface area contributed by atoms with Gasteiger partial charge in [-0.1, -0.05) is 72.1 Å². The molecule has 0 aliphatic carbocycles. The first-order valence-electron chi connectivity index (χ1n) is 11.4. The van der Waals surface area contributed by atoms with Crippen molar-refractivity contribution in [2.45, 2.75) is 30.8 Å². The van der Waals surface area contributed by atoms with E-state index in [1.165, 1.54) is 42.3 Å². The maximum atomic E-state index is 13.8. The minimum absolute atomic E-state index is 0.00327. The van der Waals surface area contributed by atoms with Gasteiger partial charge in [0.15, 0.2) is 0 Å². The van der Waals surface area contributed by atoms with Crippen LogP contribution < -0.4 is 9.62 Å². The molecular formula is C26H26Cl3N3O4S. The third kappa shape index (κ3) is 6.96. The van der Waals surface area contributed by atoms with Crippen molar-refractivity contribution in [3.05, 3.63) is 93.4 Å². The van der Waals surface area contributed by atoms with Gasteiger partial charge < -0.3 is 10.2 Å². The number of carbonyl (C=O) groups excluding carboxylic acids is 2. The summed E-state index contributed by atoms with van der Waals surface area (Å²) in [6.07, 6.45) is 0.317. The van der Waals surface area contributed by atoms with Gasteiger partial charge in [-0.2, -0.15) is 0 Å². The van der Waals surface area contributed by atoms with E-state index < -0.39 is 28.5 Å². The number of likely N-dealkylation sites (N-methyl/N-ethyl adjacent to an activating group) is 1. The SMILES string of the molecule is CC[C@H](C(=O)NC)N(Cc1ccc(Cl)cc1)C(=O)CN(c1ccc(Cl)c(Cl)c1)S(=O)(=O)c1ccccc1. The van der Waals surface area contributed by atoms with Crippen LogP contribution in [0.5, 0.6) is 0 Å². The van der Waals surface area contributed by atoms with E-state index in [0.717, 1.165) is 9.87 Å². The molecule has 1 N–H and O–H groups in total. The number of sulfonamides is 1. The summed E-state index contributed by atoms with van der Waals surface area (Å²) in [5, 5.41) is 3.48. The van der Waals surface area contributed by atoms with Gasteiger partial charge in [-0.25, -0.2) is 8.42 Å². The number of anilines is 1. The van der Waals surface area contributed by atoms with Crippen molar-refractivity contribution in [2.24, 2.45) is 0 Å². The van der Waals surface area contributed by atoms with Crippen molar-refractivity contribution in [3.8, 4) is 0 Å². The Morgan fingerprint density at radius 3 is 2.14 bits per heavy atom. The van der Waals surface area contributed by atoms with Gasteiger partial charge in [0.05, 0.1) is 20.6 Å². The standard InChI is InChI=1S/C26H26Cl3N3O4S/c1-3-24(26(34)30-2)31(16-18-9-11-19(27)12-10-18)25(33)17-32(20-13-14-22(28)23(29)15-20)37(35,36)21-7-5-4-6-8-21/h4-15,24H,3,16-17H2,1-2H3,(H,30,34)/t24-/m1/s1. The van der Waals surface area contributed by atoms with Crippen molar-refractivity contribution >= 4 is 62.3 Å². The molecule has 37 heavy (non-hydrogen) atoms. The van der Waals surface area contributed by atoms with Crippen LogP contribution in [0.2, 0.25) is 15.1 Å². The lowest BCUT2D eigenvalue weighted by Gasteiger charge is -2.33. The van der Waals surface area contributed by atoms with Gasteiger partial charge in [-0.3, -0.25) is 13.9 Å². The highest BCUT2D eigenvalue weighted by Gasteiger charge is 2.33. The summed E-state index contributed by atoms with van der Waals surface area (Å²) < 4.78 is 28.4. The first-order chi connectivity index (χ1) is 17.6. The lowest BCUT2D eigenvalue weighted by Crippen LogP contribution is -2.51. The molecule has 3 rings (SSSR count). The Kier molecular flexibility index (Phi) is 9.84. The van der Waals surface area contributed by atoms with Gasteiger partial charge in [-0.15, -0.1) is 0 Å². The lowest BCUT2D eigenvalue weighted by atomic mass is 10.1.